The van der Waals surface area contributed by atoms with Crippen LogP contribution in [0.1, 0.15) is 11.1 Å². The predicted octanol–water partition coefficient (Wildman–Crippen LogP) is 3.90. The van der Waals surface area contributed by atoms with Gasteiger partial charge in [-0.1, -0.05) is 11.6 Å². The van der Waals surface area contributed by atoms with E-state index in [2.05, 4.69) is 26.1 Å². The summed E-state index contributed by atoms with van der Waals surface area (Å²) in [6.07, 6.45) is 0. The minimum Gasteiger partial charge on any atom is -0.382 e. The molecule has 0 saturated carbocycles. The Bertz CT molecular complexity index is 576. The van der Waals surface area contributed by atoms with Gasteiger partial charge in [-0.2, -0.15) is 0 Å². The van der Waals surface area contributed by atoms with Crippen molar-refractivity contribution in [3.8, 4) is 11.3 Å². The third-order valence-electron chi connectivity index (χ3n) is 2.85. The highest BCUT2D eigenvalue weighted by atomic mass is 79.9. The average Bonchev–Trinajstić information content (AvgIpc) is 2.35. The summed E-state index contributed by atoms with van der Waals surface area (Å²) in [5, 5.41) is 7.80. The molecule has 0 aliphatic heterocycles. The van der Waals surface area contributed by atoms with Gasteiger partial charge in [0, 0.05) is 10.0 Å². The molecule has 0 saturated heterocycles. The lowest BCUT2D eigenvalue weighted by Gasteiger charge is -2.10. The van der Waals surface area contributed by atoms with Crippen molar-refractivity contribution >= 4 is 33.3 Å². The van der Waals surface area contributed by atoms with Gasteiger partial charge in [-0.25, -0.2) is 4.39 Å². The topological polar surface area (TPSA) is 51.8 Å². The molecule has 2 aromatic rings. The fourth-order valence-electron chi connectivity index (χ4n) is 1.59. The quantitative estimate of drug-likeness (QED) is 0.807. The van der Waals surface area contributed by atoms with Gasteiger partial charge in [-0.3, -0.25) is 0 Å². The molecular weight excluding hydrogens is 321 g/mol. The Morgan fingerprint density at radius 2 is 1.89 bits per heavy atom. The summed E-state index contributed by atoms with van der Waals surface area (Å²) < 4.78 is 14.6. The van der Waals surface area contributed by atoms with Crippen LogP contribution in [0.15, 0.2) is 16.6 Å². The molecule has 1 aromatic heterocycles. The van der Waals surface area contributed by atoms with E-state index in [1.54, 1.807) is 12.1 Å². The molecule has 94 valence electrons. The first-order chi connectivity index (χ1) is 8.43. The molecule has 2 rings (SSSR count). The fraction of sp³-hybridized carbons (Fsp3) is 0.167. The van der Waals surface area contributed by atoms with E-state index in [0.29, 0.717) is 21.5 Å². The molecule has 0 radical (unpaired) electrons. The Morgan fingerprint density at radius 3 is 2.56 bits per heavy atom. The number of nitrogens with two attached hydrogens (primary N) is 1. The molecule has 6 heteroatoms. The Morgan fingerprint density at radius 1 is 1.22 bits per heavy atom. The van der Waals surface area contributed by atoms with Gasteiger partial charge < -0.3 is 5.73 Å². The number of hydrogen-bond acceptors (Lipinski definition) is 3. The number of rotatable bonds is 1. The maximum absolute atomic E-state index is 14.1. The number of hydrogen-bond donors (Lipinski definition) is 1. The molecule has 0 bridgehead atoms. The second-order valence-corrected chi connectivity index (χ2v) is 5.14. The zero-order valence-electron chi connectivity index (χ0n) is 9.76. The predicted molar refractivity (Wildman–Crippen MR) is 74.0 cm³/mol. The highest BCUT2D eigenvalue weighted by Crippen LogP contribution is 2.34. The standard InChI is InChI=1S/C12H10BrClFN3/c1-5-6(2)12(16)18-17-11(5)7-3-4-8(13)9(14)10(7)15/h3-4H,1-2H3,(H2,16,18). The van der Waals surface area contributed by atoms with E-state index in [9.17, 15) is 4.39 Å². The van der Waals surface area contributed by atoms with Gasteiger partial charge in [-0.15, -0.1) is 10.2 Å². The molecule has 1 heterocycles. The summed E-state index contributed by atoms with van der Waals surface area (Å²) >= 11 is 9.03. The van der Waals surface area contributed by atoms with E-state index in [1.807, 2.05) is 13.8 Å². The van der Waals surface area contributed by atoms with E-state index in [1.165, 1.54) is 0 Å². The van der Waals surface area contributed by atoms with Gasteiger partial charge in [0.1, 0.15) is 5.82 Å². The van der Waals surface area contributed by atoms with Gasteiger partial charge in [0.25, 0.3) is 0 Å². The maximum atomic E-state index is 14.1. The third kappa shape index (κ3) is 2.08. The third-order valence-corrected chi connectivity index (χ3v) is 4.11. The van der Waals surface area contributed by atoms with Crippen molar-refractivity contribution in [3.05, 3.63) is 38.6 Å². The summed E-state index contributed by atoms with van der Waals surface area (Å²) in [5.41, 5.74) is 8.01. The fourth-order valence-corrected chi connectivity index (χ4v) is 2.06. The van der Waals surface area contributed by atoms with Crippen molar-refractivity contribution in [2.45, 2.75) is 13.8 Å². The number of nitrogen functional groups attached to an aromatic ring is 1. The molecule has 1 aromatic carbocycles. The Balaban J connectivity index is 2.71. The second-order valence-electron chi connectivity index (χ2n) is 3.91. The van der Waals surface area contributed by atoms with Gasteiger partial charge in [0.2, 0.25) is 0 Å². The number of halogens is 3. The van der Waals surface area contributed by atoms with Crippen LogP contribution in [-0.2, 0) is 0 Å². The van der Waals surface area contributed by atoms with Crippen molar-refractivity contribution in [1.82, 2.24) is 10.2 Å². The van der Waals surface area contributed by atoms with Crippen molar-refractivity contribution in [2.24, 2.45) is 0 Å². The van der Waals surface area contributed by atoms with Crippen LogP contribution in [0.4, 0.5) is 10.2 Å². The summed E-state index contributed by atoms with van der Waals surface area (Å²) in [5.74, 6) is -0.174. The van der Waals surface area contributed by atoms with Gasteiger partial charge in [0.15, 0.2) is 5.82 Å². The van der Waals surface area contributed by atoms with E-state index in [4.69, 9.17) is 17.3 Å². The molecule has 0 atom stereocenters. The van der Waals surface area contributed by atoms with Gasteiger partial charge in [0.05, 0.1) is 10.7 Å². The van der Waals surface area contributed by atoms with Crippen LogP contribution in [-0.4, -0.2) is 10.2 Å². The van der Waals surface area contributed by atoms with Crippen molar-refractivity contribution in [2.75, 3.05) is 5.73 Å². The van der Waals surface area contributed by atoms with Crippen molar-refractivity contribution in [1.29, 1.82) is 0 Å². The number of aromatic nitrogens is 2. The lowest BCUT2D eigenvalue weighted by atomic mass is 10.0. The maximum Gasteiger partial charge on any atom is 0.152 e. The minimum atomic E-state index is -0.521. The van der Waals surface area contributed by atoms with E-state index in [0.717, 1.165) is 11.1 Å². The molecule has 18 heavy (non-hydrogen) atoms. The van der Waals surface area contributed by atoms with Crippen LogP contribution in [0.5, 0.6) is 0 Å². The lowest BCUT2D eigenvalue weighted by molar-refractivity contribution is 0.629. The lowest BCUT2D eigenvalue weighted by Crippen LogP contribution is -2.03. The van der Waals surface area contributed by atoms with Crippen molar-refractivity contribution < 1.29 is 4.39 Å². The largest absolute Gasteiger partial charge is 0.382 e. The highest BCUT2D eigenvalue weighted by molar-refractivity contribution is 9.10. The Kier molecular flexibility index (Phi) is 3.54. The SMILES string of the molecule is Cc1c(N)nnc(-c2ccc(Br)c(Cl)c2F)c1C. The highest BCUT2D eigenvalue weighted by Gasteiger charge is 2.16. The molecule has 0 fully saturated rings. The smallest absolute Gasteiger partial charge is 0.152 e. The first kappa shape index (κ1) is 13.2. The molecule has 0 aliphatic rings. The monoisotopic (exact) mass is 329 g/mol. The summed E-state index contributed by atoms with van der Waals surface area (Å²) in [7, 11) is 0. The average molecular weight is 331 g/mol. The molecule has 2 N–H and O–H groups in total. The molecule has 0 spiro atoms. The van der Waals surface area contributed by atoms with Crippen LogP contribution < -0.4 is 5.73 Å². The van der Waals surface area contributed by atoms with Gasteiger partial charge in [-0.05, 0) is 53.0 Å². The Hall–Kier alpha value is -1.20. The van der Waals surface area contributed by atoms with E-state index in [-0.39, 0.29) is 5.02 Å². The minimum absolute atomic E-state index is 0.0307. The first-order valence-corrected chi connectivity index (χ1v) is 6.33. The number of anilines is 1. The van der Waals surface area contributed by atoms with E-state index >= 15 is 0 Å². The van der Waals surface area contributed by atoms with E-state index < -0.39 is 5.82 Å². The zero-order chi connectivity index (χ0) is 13.4. The first-order valence-electron chi connectivity index (χ1n) is 5.16. The zero-order valence-corrected chi connectivity index (χ0v) is 12.1. The van der Waals surface area contributed by atoms with Crippen LogP contribution in [0.3, 0.4) is 0 Å². The van der Waals surface area contributed by atoms with Crippen molar-refractivity contribution in [3.63, 3.8) is 0 Å². The Labute approximate surface area is 117 Å². The molecule has 3 nitrogen and oxygen atoms in total. The normalized spacial score (nSPS) is 10.7. The second kappa shape index (κ2) is 4.82. The number of benzene rings is 1. The van der Waals surface area contributed by atoms with Crippen LogP contribution in [0.25, 0.3) is 11.3 Å². The van der Waals surface area contributed by atoms with Gasteiger partial charge >= 0.3 is 0 Å². The molecule has 0 unspecified atom stereocenters. The molecule has 0 aliphatic carbocycles. The molecule has 0 amide bonds. The summed E-state index contributed by atoms with van der Waals surface area (Å²) in [4.78, 5) is 0. The van der Waals surface area contributed by atoms with Crippen LogP contribution in [0, 0.1) is 19.7 Å². The molecular formula is C12H10BrClFN3. The summed E-state index contributed by atoms with van der Waals surface area (Å²) in [6.45, 7) is 3.65. The van der Waals surface area contributed by atoms with Crippen LogP contribution in [0.2, 0.25) is 5.02 Å². The number of nitrogens with zero attached hydrogens (tertiary/aromatic N) is 2. The van der Waals surface area contributed by atoms with Crippen LogP contribution >= 0.6 is 27.5 Å². The summed E-state index contributed by atoms with van der Waals surface area (Å²) in [6, 6.07) is 3.28.